The second-order valence-electron chi connectivity index (χ2n) is 10.8. The summed E-state index contributed by atoms with van der Waals surface area (Å²) in [6, 6.07) is 5.22. The molecule has 3 aliphatic heterocycles. The minimum Gasteiger partial charge on any atom is -0.479 e. The van der Waals surface area contributed by atoms with Gasteiger partial charge >= 0.3 is 6.09 Å². The number of benzene rings is 1. The first-order chi connectivity index (χ1) is 16.0. The van der Waals surface area contributed by atoms with Crippen LogP contribution in [0.25, 0.3) is 0 Å². The largest absolute Gasteiger partial charge is 0.479 e. The number of para-hydroxylation sites is 1. The molecule has 1 aromatic carbocycles. The monoisotopic (exact) mass is 472 g/mol. The number of ether oxygens (including phenoxy) is 2. The lowest BCUT2D eigenvalue weighted by atomic mass is 9.93. The molecule has 1 aromatic rings. The van der Waals surface area contributed by atoms with Crippen LogP contribution in [0.5, 0.6) is 5.75 Å². The number of anilines is 1. The first-order valence-corrected chi connectivity index (χ1v) is 12.1. The first-order valence-electron chi connectivity index (χ1n) is 12.1. The predicted octanol–water partition coefficient (Wildman–Crippen LogP) is 2.86. The molecule has 0 bridgehead atoms. The smallest absolute Gasteiger partial charge is 0.410 e. The summed E-state index contributed by atoms with van der Waals surface area (Å²) in [6.45, 7) is 12.0. The molecule has 0 aromatic heterocycles. The standard InChI is InChI=1S/C25H36N4O5/c1-16(2)29-15-25(13-28(14-25)23(32)34-24(3,4)5)33-20-18(22(29)31)7-6-8-19(20)27-21(30)17-9-11-26-12-10-17/h6-8,16-17,26H,9-15H2,1-5H3,(H,27,30). The Morgan fingerprint density at radius 2 is 1.85 bits per heavy atom. The number of carbonyl (C=O) groups is 3. The molecule has 186 valence electrons. The lowest BCUT2D eigenvalue weighted by molar-refractivity contribution is -0.120. The summed E-state index contributed by atoms with van der Waals surface area (Å²) < 4.78 is 12.0. The number of nitrogens with zero attached hydrogens (tertiary/aromatic N) is 2. The maximum absolute atomic E-state index is 13.5. The van der Waals surface area contributed by atoms with Crippen molar-refractivity contribution in [3.63, 3.8) is 0 Å². The maximum Gasteiger partial charge on any atom is 0.410 e. The molecule has 3 heterocycles. The van der Waals surface area contributed by atoms with Gasteiger partial charge in [-0.3, -0.25) is 14.5 Å². The highest BCUT2D eigenvalue weighted by molar-refractivity contribution is 6.02. The van der Waals surface area contributed by atoms with Gasteiger partial charge in [0.1, 0.15) is 5.60 Å². The van der Waals surface area contributed by atoms with Crippen molar-refractivity contribution < 1.29 is 23.9 Å². The second kappa shape index (κ2) is 9.09. The van der Waals surface area contributed by atoms with Crippen LogP contribution in [0.2, 0.25) is 0 Å². The van der Waals surface area contributed by atoms with Crippen LogP contribution in [0.1, 0.15) is 57.8 Å². The van der Waals surface area contributed by atoms with Crippen LogP contribution in [-0.4, -0.2) is 77.7 Å². The van der Waals surface area contributed by atoms with Gasteiger partial charge in [0, 0.05) is 12.0 Å². The summed E-state index contributed by atoms with van der Waals surface area (Å²) in [5, 5.41) is 6.28. The van der Waals surface area contributed by atoms with Gasteiger partial charge in [-0.15, -0.1) is 0 Å². The summed E-state index contributed by atoms with van der Waals surface area (Å²) in [5.41, 5.74) is -0.444. The molecule has 9 heteroatoms. The molecule has 9 nitrogen and oxygen atoms in total. The third kappa shape index (κ3) is 4.99. The zero-order valence-corrected chi connectivity index (χ0v) is 20.8. The topological polar surface area (TPSA) is 100 Å². The Labute approximate surface area is 201 Å². The molecule has 0 aliphatic carbocycles. The van der Waals surface area contributed by atoms with Crippen LogP contribution in [-0.2, 0) is 9.53 Å². The maximum atomic E-state index is 13.5. The van der Waals surface area contributed by atoms with Gasteiger partial charge in [0.05, 0.1) is 30.9 Å². The molecule has 3 aliphatic rings. The van der Waals surface area contributed by atoms with E-state index in [9.17, 15) is 14.4 Å². The van der Waals surface area contributed by atoms with Crippen molar-refractivity contribution in [2.45, 2.75) is 64.7 Å². The molecular formula is C25H36N4O5. The number of hydrogen-bond acceptors (Lipinski definition) is 6. The summed E-state index contributed by atoms with van der Waals surface area (Å²) in [6.07, 6.45) is 1.15. The molecule has 3 amide bonds. The normalized spacial score (nSPS) is 20.4. The van der Waals surface area contributed by atoms with Gasteiger partial charge in [0.2, 0.25) is 5.91 Å². The van der Waals surface area contributed by atoms with Gasteiger partial charge in [-0.1, -0.05) is 6.07 Å². The van der Waals surface area contributed by atoms with E-state index in [1.165, 1.54) is 0 Å². The van der Waals surface area contributed by atoms with E-state index < -0.39 is 17.3 Å². The quantitative estimate of drug-likeness (QED) is 0.702. The first kappa shape index (κ1) is 24.3. The van der Waals surface area contributed by atoms with E-state index >= 15 is 0 Å². The van der Waals surface area contributed by atoms with E-state index in [0.717, 1.165) is 25.9 Å². The van der Waals surface area contributed by atoms with Gasteiger partial charge in [0.25, 0.3) is 5.91 Å². The van der Waals surface area contributed by atoms with E-state index in [1.807, 2.05) is 34.6 Å². The lowest BCUT2D eigenvalue weighted by Crippen LogP contribution is -2.70. The third-order valence-corrected chi connectivity index (χ3v) is 6.48. The Morgan fingerprint density at radius 3 is 2.47 bits per heavy atom. The van der Waals surface area contributed by atoms with Crippen molar-refractivity contribution in [3.05, 3.63) is 23.8 Å². The lowest BCUT2D eigenvalue weighted by Gasteiger charge is -2.50. The van der Waals surface area contributed by atoms with Crippen molar-refractivity contribution in [2.75, 3.05) is 38.0 Å². The highest BCUT2D eigenvalue weighted by atomic mass is 16.6. The van der Waals surface area contributed by atoms with E-state index in [-0.39, 0.29) is 23.8 Å². The highest BCUT2D eigenvalue weighted by Crippen LogP contribution is 2.40. The van der Waals surface area contributed by atoms with E-state index in [1.54, 1.807) is 28.0 Å². The minimum atomic E-state index is -0.766. The third-order valence-electron chi connectivity index (χ3n) is 6.48. The van der Waals surface area contributed by atoms with Gasteiger partial charge in [0.15, 0.2) is 11.4 Å². The van der Waals surface area contributed by atoms with Crippen molar-refractivity contribution in [1.29, 1.82) is 0 Å². The van der Waals surface area contributed by atoms with Crippen molar-refractivity contribution in [3.8, 4) is 5.75 Å². The Morgan fingerprint density at radius 1 is 1.18 bits per heavy atom. The average molecular weight is 473 g/mol. The van der Waals surface area contributed by atoms with Crippen LogP contribution in [0.3, 0.4) is 0 Å². The van der Waals surface area contributed by atoms with Gasteiger partial charge < -0.3 is 25.0 Å². The van der Waals surface area contributed by atoms with Crippen molar-refractivity contribution >= 4 is 23.6 Å². The Bertz CT molecular complexity index is 959. The van der Waals surface area contributed by atoms with Gasteiger partial charge in [-0.25, -0.2) is 4.79 Å². The second-order valence-corrected chi connectivity index (χ2v) is 10.8. The van der Waals surface area contributed by atoms with Gasteiger partial charge in [-0.2, -0.15) is 0 Å². The summed E-state index contributed by atoms with van der Waals surface area (Å²) in [7, 11) is 0. The Hall–Kier alpha value is -2.81. The van der Waals surface area contributed by atoms with Crippen molar-refractivity contribution in [2.24, 2.45) is 5.92 Å². The molecule has 0 saturated carbocycles. The molecule has 0 radical (unpaired) electrons. The Kier molecular flexibility index (Phi) is 6.50. The number of nitrogens with one attached hydrogen (secondary N) is 2. The fourth-order valence-electron chi connectivity index (χ4n) is 4.71. The number of carbonyl (C=O) groups excluding carboxylic acids is 3. The number of amides is 3. The number of fused-ring (bicyclic) bond motifs is 1. The molecular weight excluding hydrogens is 436 g/mol. The van der Waals surface area contributed by atoms with Crippen LogP contribution in [0.4, 0.5) is 10.5 Å². The number of rotatable bonds is 3. The van der Waals surface area contributed by atoms with Crippen LogP contribution in [0.15, 0.2) is 18.2 Å². The molecule has 0 unspecified atom stereocenters. The number of likely N-dealkylation sites (tertiary alicyclic amines) is 1. The molecule has 2 saturated heterocycles. The van der Waals surface area contributed by atoms with Crippen LogP contribution >= 0.6 is 0 Å². The van der Waals surface area contributed by atoms with Crippen LogP contribution in [0, 0.1) is 5.92 Å². The fraction of sp³-hybridized carbons (Fsp3) is 0.640. The Balaban J connectivity index is 1.60. The molecule has 2 fully saturated rings. The summed E-state index contributed by atoms with van der Waals surface area (Å²) in [4.78, 5) is 42.4. The zero-order chi connectivity index (χ0) is 24.7. The van der Waals surface area contributed by atoms with E-state index in [2.05, 4.69) is 10.6 Å². The summed E-state index contributed by atoms with van der Waals surface area (Å²) >= 11 is 0. The molecule has 1 spiro atoms. The van der Waals surface area contributed by atoms with Gasteiger partial charge in [-0.05, 0) is 72.7 Å². The van der Waals surface area contributed by atoms with Crippen molar-refractivity contribution in [1.82, 2.24) is 15.1 Å². The van der Waals surface area contributed by atoms with E-state index in [4.69, 9.17) is 9.47 Å². The summed E-state index contributed by atoms with van der Waals surface area (Å²) in [5.74, 6) is 0.0948. The molecule has 4 rings (SSSR count). The fourth-order valence-corrected chi connectivity index (χ4v) is 4.71. The number of piperidine rings is 1. The van der Waals surface area contributed by atoms with Crippen LogP contribution < -0.4 is 15.4 Å². The predicted molar refractivity (Wildman–Crippen MR) is 128 cm³/mol. The van der Waals surface area contributed by atoms with E-state index in [0.29, 0.717) is 36.6 Å². The minimum absolute atomic E-state index is 0.0533. The zero-order valence-electron chi connectivity index (χ0n) is 20.8. The molecule has 34 heavy (non-hydrogen) atoms. The average Bonchev–Trinajstić information content (AvgIpc) is 2.88. The SMILES string of the molecule is CC(C)N1CC2(CN(C(=O)OC(C)(C)C)C2)Oc2c(NC(=O)C3CCNCC3)cccc2C1=O. The molecule has 2 N–H and O–H groups in total. The number of hydrogen-bond donors (Lipinski definition) is 2. The highest BCUT2D eigenvalue weighted by Gasteiger charge is 2.53. The molecule has 0 atom stereocenters.